The molecule has 1 aliphatic rings. The van der Waals surface area contributed by atoms with Crippen molar-refractivity contribution >= 4 is 11.6 Å². The van der Waals surface area contributed by atoms with E-state index in [2.05, 4.69) is 12.2 Å². The molecule has 0 aliphatic heterocycles. The van der Waals surface area contributed by atoms with E-state index in [1.165, 1.54) is 32.1 Å². The van der Waals surface area contributed by atoms with E-state index >= 15 is 0 Å². The van der Waals surface area contributed by atoms with Gasteiger partial charge >= 0.3 is 0 Å². The van der Waals surface area contributed by atoms with E-state index in [1.54, 1.807) is 12.1 Å². The quantitative estimate of drug-likeness (QED) is 0.861. The highest BCUT2D eigenvalue weighted by atomic mass is 35.5. The largest absolute Gasteiger partial charge is 0.508 e. The maximum Gasteiger partial charge on any atom is 0.120 e. The molecule has 1 aromatic rings. The van der Waals surface area contributed by atoms with Gasteiger partial charge in [-0.2, -0.15) is 0 Å². The monoisotopic (exact) mass is 267 g/mol. The van der Waals surface area contributed by atoms with Gasteiger partial charge in [0.05, 0.1) is 0 Å². The standard InChI is InChI=1S/C15H22ClNO/c1-11(12-5-3-2-4-6-12)17-10-13-9-14(16)7-8-15(13)18/h7-9,11-12,17-18H,2-6,10H2,1H3/t11-/m1/s1. The van der Waals surface area contributed by atoms with Gasteiger partial charge in [0.1, 0.15) is 5.75 Å². The summed E-state index contributed by atoms with van der Waals surface area (Å²) in [7, 11) is 0. The van der Waals surface area contributed by atoms with Gasteiger partial charge in [0.2, 0.25) is 0 Å². The van der Waals surface area contributed by atoms with Gasteiger partial charge in [-0.25, -0.2) is 0 Å². The Bertz CT molecular complexity index is 388. The fourth-order valence-electron chi connectivity index (χ4n) is 2.77. The molecule has 3 heteroatoms. The number of hydrogen-bond acceptors (Lipinski definition) is 2. The summed E-state index contributed by atoms with van der Waals surface area (Å²) < 4.78 is 0. The summed E-state index contributed by atoms with van der Waals surface area (Å²) in [4.78, 5) is 0. The van der Waals surface area contributed by atoms with Crippen molar-refractivity contribution in [2.24, 2.45) is 5.92 Å². The average molecular weight is 268 g/mol. The molecule has 0 heterocycles. The van der Waals surface area contributed by atoms with Crippen LogP contribution in [0.2, 0.25) is 5.02 Å². The van der Waals surface area contributed by atoms with E-state index in [4.69, 9.17) is 11.6 Å². The number of hydrogen-bond donors (Lipinski definition) is 2. The normalized spacial score (nSPS) is 18.8. The van der Waals surface area contributed by atoms with Crippen LogP contribution in [0.15, 0.2) is 18.2 Å². The Kier molecular flexibility index (Phi) is 4.90. The molecule has 1 saturated carbocycles. The Balaban J connectivity index is 1.88. The van der Waals surface area contributed by atoms with E-state index in [0.717, 1.165) is 11.5 Å². The molecule has 1 atom stereocenters. The molecular formula is C15H22ClNO. The van der Waals surface area contributed by atoms with Crippen molar-refractivity contribution in [3.05, 3.63) is 28.8 Å². The zero-order chi connectivity index (χ0) is 13.0. The molecule has 2 nitrogen and oxygen atoms in total. The summed E-state index contributed by atoms with van der Waals surface area (Å²) in [6.45, 7) is 2.93. The van der Waals surface area contributed by atoms with Crippen LogP contribution in [-0.2, 0) is 6.54 Å². The molecule has 2 rings (SSSR count). The predicted octanol–water partition coefficient (Wildman–Crippen LogP) is 4.10. The van der Waals surface area contributed by atoms with Gasteiger partial charge in [-0.05, 0) is 43.9 Å². The van der Waals surface area contributed by atoms with E-state index in [0.29, 0.717) is 23.4 Å². The summed E-state index contributed by atoms with van der Waals surface area (Å²) in [5.74, 6) is 1.10. The van der Waals surface area contributed by atoms with Crippen molar-refractivity contribution in [2.75, 3.05) is 0 Å². The maximum atomic E-state index is 9.76. The topological polar surface area (TPSA) is 32.3 Å². The van der Waals surface area contributed by atoms with Gasteiger partial charge in [-0.1, -0.05) is 30.9 Å². The summed E-state index contributed by atoms with van der Waals surface area (Å²) in [6, 6.07) is 5.70. The SMILES string of the molecule is C[C@@H](NCc1cc(Cl)ccc1O)C1CCCCC1. The first-order valence-corrected chi connectivity index (χ1v) is 7.25. The zero-order valence-electron chi connectivity index (χ0n) is 11.0. The highest BCUT2D eigenvalue weighted by Gasteiger charge is 2.19. The lowest BCUT2D eigenvalue weighted by molar-refractivity contribution is 0.280. The Morgan fingerprint density at radius 3 is 2.78 bits per heavy atom. The van der Waals surface area contributed by atoms with Crippen molar-refractivity contribution in [3.8, 4) is 5.75 Å². The Hall–Kier alpha value is -0.730. The smallest absolute Gasteiger partial charge is 0.120 e. The lowest BCUT2D eigenvalue weighted by Crippen LogP contribution is -2.34. The molecule has 0 spiro atoms. The second-order valence-corrected chi connectivity index (χ2v) is 5.78. The van der Waals surface area contributed by atoms with Crippen molar-refractivity contribution in [2.45, 2.75) is 51.6 Å². The second-order valence-electron chi connectivity index (χ2n) is 5.34. The van der Waals surface area contributed by atoms with Crippen molar-refractivity contribution < 1.29 is 5.11 Å². The molecule has 0 amide bonds. The fraction of sp³-hybridized carbons (Fsp3) is 0.600. The predicted molar refractivity (Wildman–Crippen MR) is 76.0 cm³/mol. The maximum absolute atomic E-state index is 9.76. The summed E-state index contributed by atoms with van der Waals surface area (Å²) in [5, 5.41) is 14.0. The lowest BCUT2D eigenvalue weighted by Gasteiger charge is -2.28. The van der Waals surface area contributed by atoms with Gasteiger partial charge in [0.15, 0.2) is 0 Å². The van der Waals surface area contributed by atoms with Crippen molar-refractivity contribution in [3.63, 3.8) is 0 Å². The van der Waals surface area contributed by atoms with Crippen LogP contribution in [-0.4, -0.2) is 11.1 Å². The summed E-state index contributed by atoms with van der Waals surface area (Å²) >= 11 is 5.94. The molecule has 0 saturated heterocycles. The molecule has 0 unspecified atom stereocenters. The molecule has 2 N–H and O–H groups in total. The van der Waals surface area contributed by atoms with Gasteiger partial charge in [-0.15, -0.1) is 0 Å². The van der Waals surface area contributed by atoms with Crippen LogP contribution in [0.4, 0.5) is 0 Å². The highest BCUT2D eigenvalue weighted by molar-refractivity contribution is 6.30. The van der Waals surface area contributed by atoms with Crippen LogP contribution in [0, 0.1) is 5.92 Å². The molecular weight excluding hydrogens is 246 g/mol. The molecule has 100 valence electrons. The second kappa shape index (κ2) is 6.44. The Morgan fingerprint density at radius 1 is 1.33 bits per heavy atom. The van der Waals surface area contributed by atoms with Crippen LogP contribution in [0.3, 0.4) is 0 Å². The third-order valence-corrected chi connectivity index (χ3v) is 4.25. The average Bonchev–Trinajstić information content (AvgIpc) is 2.40. The first-order chi connectivity index (χ1) is 8.66. The Labute approximate surface area is 114 Å². The van der Waals surface area contributed by atoms with Gasteiger partial charge in [0.25, 0.3) is 0 Å². The fourth-order valence-corrected chi connectivity index (χ4v) is 2.96. The number of phenols is 1. The third kappa shape index (κ3) is 3.63. The summed E-state index contributed by atoms with van der Waals surface area (Å²) in [5.41, 5.74) is 0.880. The highest BCUT2D eigenvalue weighted by Crippen LogP contribution is 2.27. The first kappa shape index (κ1) is 13.7. The Morgan fingerprint density at radius 2 is 2.06 bits per heavy atom. The molecule has 0 bridgehead atoms. The van der Waals surface area contributed by atoms with Crippen LogP contribution < -0.4 is 5.32 Å². The van der Waals surface area contributed by atoms with E-state index in [1.807, 2.05) is 6.07 Å². The van der Waals surface area contributed by atoms with E-state index in [9.17, 15) is 5.11 Å². The molecule has 1 aromatic carbocycles. The van der Waals surface area contributed by atoms with Crippen LogP contribution >= 0.6 is 11.6 Å². The number of nitrogens with one attached hydrogen (secondary N) is 1. The summed E-state index contributed by atoms with van der Waals surface area (Å²) in [6.07, 6.45) is 6.77. The number of aromatic hydroxyl groups is 1. The van der Waals surface area contributed by atoms with Crippen LogP contribution in [0.25, 0.3) is 0 Å². The number of phenolic OH excluding ortho intramolecular Hbond substituents is 1. The van der Waals surface area contributed by atoms with Crippen LogP contribution in [0.1, 0.15) is 44.6 Å². The molecule has 1 aliphatic carbocycles. The molecule has 1 fully saturated rings. The van der Waals surface area contributed by atoms with Crippen molar-refractivity contribution in [1.29, 1.82) is 0 Å². The van der Waals surface area contributed by atoms with E-state index in [-0.39, 0.29) is 0 Å². The van der Waals surface area contributed by atoms with E-state index < -0.39 is 0 Å². The zero-order valence-corrected chi connectivity index (χ0v) is 11.7. The lowest BCUT2D eigenvalue weighted by atomic mass is 9.84. The van der Waals surface area contributed by atoms with Gasteiger partial charge in [0, 0.05) is 23.2 Å². The number of benzene rings is 1. The third-order valence-electron chi connectivity index (χ3n) is 4.01. The minimum Gasteiger partial charge on any atom is -0.508 e. The number of rotatable bonds is 4. The van der Waals surface area contributed by atoms with Crippen LogP contribution in [0.5, 0.6) is 5.75 Å². The molecule has 0 aromatic heterocycles. The molecule has 18 heavy (non-hydrogen) atoms. The number of halogens is 1. The van der Waals surface area contributed by atoms with Gasteiger partial charge < -0.3 is 10.4 Å². The first-order valence-electron chi connectivity index (χ1n) is 6.87. The molecule has 0 radical (unpaired) electrons. The van der Waals surface area contributed by atoms with Gasteiger partial charge in [-0.3, -0.25) is 0 Å². The minimum atomic E-state index is 0.322. The van der Waals surface area contributed by atoms with Crippen molar-refractivity contribution in [1.82, 2.24) is 5.32 Å². The minimum absolute atomic E-state index is 0.322.